The Morgan fingerprint density at radius 3 is 2.89 bits per heavy atom. The summed E-state index contributed by atoms with van der Waals surface area (Å²) in [6, 6.07) is 12.9. The molecule has 0 fully saturated rings. The summed E-state index contributed by atoms with van der Waals surface area (Å²) in [6.45, 7) is 4.66. The molecule has 4 nitrogen and oxygen atoms in total. The van der Waals surface area contributed by atoms with Crippen molar-refractivity contribution in [1.29, 1.82) is 0 Å². The summed E-state index contributed by atoms with van der Waals surface area (Å²) in [5.74, 6) is 0.849. The smallest absolute Gasteiger partial charge is 0.411 e. The molecule has 0 radical (unpaired) electrons. The monoisotopic (exact) mass is 398 g/mol. The fraction of sp³-hybridized carbons (Fsp3) is 0.435. The number of hydrogen-bond acceptors (Lipinski definition) is 3. The summed E-state index contributed by atoms with van der Waals surface area (Å²) in [5.41, 5.74) is 7.47. The van der Waals surface area contributed by atoms with Gasteiger partial charge in [0, 0.05) is 36.3 Å². The first-order chi connectivity index (χ1) is 13.7. The molecule has 1 amide bonds. The van der Waals surface area contributed by atoms with Crippen LogP contribution < -0.4 is 10.2 Å². The molecule has 2 heterocycles. The van der Waals surface area contributed by atoms with Crippen LogP contribution in [0.5, 0.6) is 0 Å². The second-order valence-corrected chi connectivity index (χ2v) is 7.99. The number of rotatable bonds is 5. The van der Waals surface area contributed by atoms with Gasteiger partial charge in [0.25, 0.3) is 0 Å². The van der Waals surface area contributed by atoms with Crippen molar-refractivity contribution in [3.63, 3.8) is 0 Å². The molecule has 0 bridgehead atoms. The lowest BCUT2D eigenvalue weighted by Gasteiger charge is -2.41. The lowest BCUT2D eigenvalue weighted by Crippen LogP contribution is -2.36. The number of amides is 1. The molecule has 0 aromatic heterocycles. The van der Waals surface area contributed by atoms with E-state index in [0.29, 0.717) is 24.8 Å². The van der Waals surface area contributed by atoms with Crippen LogP contribution in [0.3, 0.4) is 0 Å². The summed E-state index contributed by atoms with van der Waals surface area (Å²) >= 11 is 5.67. The van der Waals surface area contributed by atoms with Crippen LogP contribution in [0.4, 0.5) is 16.2 Å². The predicted molar refractivity (Wildman–Crippen MR) is 115 cm³/mol. The predicted octanol–water partition coefficient (Wildman–Crippen LogP) is 5.46. The number of anilines is 2. The number of benzene rings is 2. The largest absolute Gasteiger partial charge is 0.449 e. The van der Waals surface area contributed by atoms with Crippen molar-refractivity contribution in [2.75, 3.05) is 35.8 Å². The minimum Gasteiger partial charge on any atom is -0.449 e. The normalized spacial score (nSPS) is 17.8. The molecule has 1 unspecified atom stereocenters. The number of carbonyl (C=O) groups excluding carboxylic acids is 1. The van der Waals surface area contributed by atoms with Gasteiger partial charge in [-0.3, -0.25) is 5.32 Å². The Bertz CT molecular complexity index is 853. The molecular formula is C23H27ClN2O2. The Balaban J connectivity index is 1.71. The highest BCUT2D eigenvalue weighted by molar-refractivity contribution is 6.17. The molecule has 1 atom stereocenters. The highest BCUT2D eigenvalue weighted by Crippen LogP contribution is 2.46. The zero-order valence-corrected chi connectivity index (χ0v) is 17.1. The van der Waals surface area contributed by atoms with Gasteiger partial charge in [-0.1, -0.05) is 30.3 Å². The maximum Gasteiger partial charge on any atom is 0.411 e. The van der Waals surface area contributed by atoms with E-state index in [1.165, 1.54) is 22.4 Å². The topological polar surface area (TPSA) is 41.6 Å². The van der Waals surface area contributed by atoms with Crippen molar-refractivity contribution in [2.45, 2.75) is 38.5 Å². The van der Waals surface area contributed by atoms with Gasteiger partial charge < -0.3 is 9.64 Å². The van der Waals surface area contributed by atoms with E-state index < -0.39 is 6.09 Å². The highest BCUT2D eigenvalue weighted by Gasteiger charge is 2.32. The zero-order valence-electron chi connectivity index (χ0n) is 16.3. The van der Waals surface area contributed by atoms with Crippen molar-refractivity contribution in [1.82, 2.24) is 0 Å². The van der Waals surface area contributed by atoms with Crippen LogP contribution in [0.15, 0.2) is 36.4 Å². The first-order valence-corrected chi connectivity index (χ1v) is 10.7. The number of nitrogens with zero attached hydrogens (tertiary/aromatic N) is 1. The van der Waals surface area contributed by atoms with Crippen molar-refractivity contribution in [3.8, 4) is 0 Å². The van der Waals surface area contributed by atoms with Crippen molar-refractivity contribution >= 4 is 29.1 Å². The Kier molecular flexibility index (Phi) is 5.77. The van der Waals surface area contributed by atoms with Gasteiger partial charge in [0.05, 0.1) is 6.61 Å². The first kappa shape index (κ1) is 19.1. The highest BCUT2D eigenvalue weighted by atomic mass is 35.5. The number of ether oxygens (including phenoxy) is 1. The molecule has 4 rings (SSSR count). The second-order valence-electron chi connectivity index (χ2n) is 7.61. The Hall–Kier alpha value is -2.20. The van der Waals surface area contributed by atoms with Gasteiger partial charge >= 0.3 is 6.09 Å². The standard InChI is InChI=1S/C23H27ClN2O2/c1-16-18-9-5-12-26-13-10-19(17-7-3-2-4-8-17)20(22(18)26)15-21(16)25-23(27)28-14-6-11-24/h2-4,7-8,15,19H,5-6,9-14H2,1H3,(H,25,27). The molecule has 5 heteroatoms. The first-order valence-electron chi connectivity index (χ1n) is 10.1. The van der Waals surface area contributed by atoms with Crippen LogP contribution in [0.25, 0.3) is 0 Å². The second kappa shape index (κ2) is 8.44. The van der Waals surface area contributed by atoms with Gasteiger partial charge in [-0.2, -0.15) is 0 Å². The summed E-state index contributed by atoms with van der Waals surface area (Å²) in [4.78, 5) is 14.8. The van der Waals surface area contributed by atoms with Crippen LogP contribution in [-0.4, -0.2) is 31.7 Å². The van der Waals surface area contributed by atoms with Crippen LogP contribution in [-0.2, 0) is 11.2 Å². The third-order valence-electron chi connectivity index (χ3n) is 5.90. The van der Waals surface area contributed by atoms with Crippen LogP contribution in [0.1, 0.15) is 47.4 Å². The van der Waals surface area contributed by atoms with Gasteiger partial charge in [-0.05, 0) is 60.9 Å². The summed E-state index contributed by atoms with van der Waals surface area (Å²) in [6.07, 6.45) is 3.57. The Morgan fingerprint density at radius 1 is 1.29 bits per heavy atom. The Labute approximate surface area is 171 Å². The van der Waals surface area contributed by atoms with Gasteiger partial charge in [0.2, 0.25) is 0 Å². The van der Waals surface area contributed by atoms with Gasteiger partial charge in [-0.15, -0.1) is 11.6 Å². The van der Waals surface area contributed by atoms with E-state index in [9.17, 15) is 4.79 Å². The molecule has 0 saturated heterocycles. The average molecular weight is 399 g/mol. The molecular weight excluding hydrogens is 372 g/mol. The molecule has 28 heavy (non-hydrogen) atoms. The Morgan fingerprint density at radius 2 is 2.11 bits per heavy atom. The number of hydrogen-bond donors (Lipinski definition) is 1. The third-order valence-corrected chi connectivity index (χ3v) is 6.17. The third kappa shape index (κ3) is 3.70. The fourth-order valence-electron chi connectivity index (χ4n) is 4.54. The van der Waals surface area contributed by atoms with E-state index in [4.69, 9.17) is 16.3 Å². The number of alkyl halides is 1. The van der Waals surface area contributed by atoms with Crippen LogP contribution in [0.2, 0.25) is 0 Å². The maximum atomic E-state index is 12.3. The molecule has 2 aromatic rings. The molecule has 2 aliphatic rings. The zero-order chi connectivity index (χ0) is 19.5. The average Bonchev–Trinajstić information content (AvgIpc) is 2.72. The van der Waals surface area contributed by atoms with E-state index in [-0.39, 0.29) is 0 Å². The molecule has 0 aliphatic carbocycles. The minimum atomic E-state index is -0.403. The van der Waals surface area contributed by atoms with E-state index >= 15 is 0 Å². The van der Waals surface area contributed by atoms with Crippen LogP contribution >= 0.6 is 11.6 Å². The fourth-order valence-corrected chi connectivity index (χ4v) is 4.65. The molecule has 1 N–H and O–H groups in total. The van der Waals surface area contributed by atoms with Gasteiger partial charge in [0.1, 0.15) is 0 Å². The summed E-state index contributed by atoms with van der Waals surface area (Å²) < 4.78 is 5.26. The van der Waals surface area contributed by atoms with Gasteiger partial charge in [-0.25, -0.2) is 4.79 Å². The molecule has 0 spiro atoms. The van der Waals surface area contributed by atoms with E-state index in [1.54, 1.807) is 0 Å². The SMILES string of the molecule is Cc1c(NC(=O)OCCCCl)cc2c3c1CCCN3CCC2c1ccccc1. The van der Waals surface area contributed by atoms with Gasteiger partial charge in [0.15, 0.2) is 0 Å². The van der Waals surface area contributed by atoms with Crippen molar-refractivity contribution in [3.05, 3.63) is 58.7 Å². The summed E-state index contributed by atoms with van der Waals surface area (Å²) in [5, 5.41) is 2.98. The molecule has 2 aromatic carbocycles. The lowest BCUT2D eigenvalue weighted by molar-refractivity contribution is 0.162. The number of carbonyl (C=O) groups is 1. The van der Waals surface area contributed by atoms with Crippen molar-refractivity contribution < 1.29 is 9.53 Å². The van der Waals surface area contributed by atoms with E-state index in [0.717, 1.165) is 43.6 Å². The summed E-state index contributed by atoms with van der Waals surface area (Å²) in [7, 11) is 0. The van der Waals surface area contributed by atoms with Crippen molar-refractivity contribution in [2.24, 2.45) is 0 Å². The number of nitrogens with one attached hydrogen (secondary N) is 1. The molecule has 0 saturated carbocycles. The van der Waals surface area contributed by atoms with E-state index in [2.05, 4.69) is 53.5 Å². The minimum absolute atomic E-state index is 0.340. The quantitative estimate of drug-likeness (QED) is 0.537. The van der Waals surface area contributed by atoms with Crippen LogP contribution in [0, 0.1) is 6.92 Å². The molecule has 148 valence electrons. The van der Waals surface area contributed by atoms with E-state index in [1.807, 2.05) is 0 Å². The lowest BCUT2D eigenvalue weighted by atomic mass is 9.79. The molecule has 2 aliphatic heterocycles. The number of halogens is 1. The maximum absolute atomic E-state index is 12.3.